The van der Waals surface area contributed by atoms with Crippen LogP contribution in [0.2, 0.25) is 5.02 Å². The van der Waals surface area contributed by atoms with Gasteiger partial charge >= 0.3 is 6.03 Å². The number of carbonyl (C=O) groups is 2. The van der Waals surface area contributed by atoms with Crippen LogP contribution in [0.15, 0.2) is 48.5 Å². The fourth-order valence-corrected chi connectivity index (χ4v) is 1.81. The van der Waals surface area contributed by atoms with Crippen LogP contribution in [0.5, 0.6) is 0 Å². The number of rotatable bonds is 2. The standard InChI is InChI=1S/C15H14ClN3O2/c1-10-5-7-11(8-6-10)14(20)18-19-15(21)17-13-4-2-3-12(16)9-13/h2-9H,1H3,(H,18,20)(H2,17,19,21). The van der Waals surface area contributed by atoms with Crippen molar-refractivity contribution in [3.63, 3.8) is 0 Å². The van der Waals surface area contributed by atoms with E-state index in [1.54, 1.807) is 36.4 Å². The molecule has 0 aliphatic carbocycles. The maximum Gasteiger partial charge on any atom is 0.337 e. The number of anilines is 1. The summed E-state index contributed by atoms with van der Waals surface area (Å²) in [6.07, 6.45) is 0. The van der Waals surface area contributed by atoms with Gasteiger partial charge in [-0.15, -0.1) is 0 Å². The smallest absolute Gasteiger partial charge is 0.307 e. The third-order valence-electron chi connectivity index (χ3n) is 2.69. The summed E-state index contributed by atoms with van der Waals surface area (Å²) < 4.78 is 0. The van der Waals surface area contributed by atoms with Crippen molar-refractivity contribution in [1.29, 1.82) is 0 Å². The molecule has 6 heteroatoms. The molecule has 0 spiro atoms. The van der Waals surface area contributed by atoms with Crippen molar-refractivity contribution >= 4 is 29.2 Å². The summed E-state index contributed by atoms with van der Waals surface area (Å²) in [6, 6.07) is 13.1. The van der Waals surface area contributed by atoms with Gasteiger partial charge in [0.15, 0.2) is 0 Å². The lowest BCUT2D eigenvalue weighted by Crippen LogP contribution is -2.43. The highest BCUT2D eigenvalue weighted by Gasteiger charge is 2.07. The third-order valence-corrected chi connectivity index (χ3v) is 2.92. The first-order valence-corrected chi connectivity index (χ1v) is 6.62. The molecule has 2 aromatic carbocycles. The minimum atomic E-state index is -0.558. The zero-order valence-corrected chi connectivity index (χ0v) is 12.1. The van der Waals surface area contributed by atoms with Gasteiger partial charge in [0.1, 0.15) is 0 Å². The Bertz CT molecular complexity index is 656. The highest BCUT2D eigenvalue weighted by Crippen LogP contribution is 2.14. The van der Waals surface area contributed by atoms with Crippen LogP contribution in [0, 0.1) is 6.92 Å². The molecule has 21 heavy (non-hydrogen) atoms. The van der Waals surface area contributed by atoms with Crippen LogP contribution in [-0.4, -0.2) is 11.9 Å². The van der Waals surface area contributed by atoms with E-state index in [-0.39, 0.29) is 0 Å². The highest BCUT2D eigenvalue weighted by molar-refractivity contribution is 6.30. The molecule has 3 N–H and O–H groups in total. The Morgan fingerprint density at radius 2 is 1.71 bits per heavy atom. The molecule has 2 aromatic rings. The van der Waals surface area contributed by atoms with Gasteiger partial charge in [0.05, 0.1) is 0 Å². The van der Waals surface area contributed by atoms with Crippen LogP contribution in [-0.2, 0) is 0 Å². The molecule has 0 atom stereocenters. The summed E-state index contributed by atoms with van der Waals surface area (Å²) in [5.41, 5.74) is 6.64. The van der Waals surface area contributed by atoms with E-state index in [9.17, 15) is 9.59 Å². The molecule has 2 rings (SSSR count). The van der Waals surface area contributed by atoms with E-state index in [0.29, 0.717) is 16.3 Å². The van der Waals surface area contributed by atoms with Gasteiger partial charge in [0.2, 0.25) is 0 Å². The first kappa shape index (κ1) is 14.9. The Kier molecular flexibility index (Phi) is 4.79. The monoisotopic (exact) mass is 303 g/mol. The second kappa shape index (κ2) is 6.76. The molecule has 0 saturated heterocycles. The highest BCUT2D eigenvalue weighted by atomic mass is 35.5. The molecular formula is C15H14ClN3O2. The Labute approximate surface area is 127 Å². The Hall–Kier alpha value is -2.53. The zero-order valence-electron chi connectivity index (χ0n) is 11.3. The minimum Gasteiger partial charge on any atom is -0.307 e. The summed E-state index contributed by atoms with van der Waals surface area (Å²) in [4.78, 5) is 23.4. The number of hydrazine groups is 1. The number of amides is 3. The Balaban J connectivity index is 1.86. The molecule has 0 bridgehead atoms. The summed E-state index contributed by atoms with van der Waals surface area (Å²) in [7, 11) is 0. The van der Waals surface area contributed by atoms with Crippen LogP contribution in [0.3, 0.4) is 0 Å². The second-order valence-electron chi connectivity index (χ2n) is 4.41. The summed E-state index contributed by atoms with van der Waals surface area (Å²) in [5, 5.41) is 3.06. The normalized spacial score (nSPS) is 9.81. The van der Waals surface area contributed by atoms with Crippen LogP contribution in [0.4, 0.5) is 10.5 Å². The van der Waals surface area contributed by atoms with Gasteiger partial charge in [0.25, 0.3) is 5.91 Å². The van der Waals surface area contributed by atoms with Crippen molar-refractivity contribution in [3.05, 3.63) is 64.7 Å². The van der Waals surface area contributed by atoms with Crippen molar-refractivity contribution in [3.8, 4) is 0 Å². The van der Waals surface area contributed by atoms with Crippen molar-refractivity contribution in [2.75, 3.05) is 5.32 Å². The van der Waals surface area contributed by atoms with Crippen LogP contribution in [0.1, 0.15) is 15.9 Å². The van der Waals surface area contributed by atoms with Gasteiger partial charge in [-0.25, -0.2) is 10.2 Å². The van der Waals surface area contributed by atoms with E-state index in [1.807, 2.05) is 19.1 Å². The lowest BCUT2D eigenvalue weighted by Gasteiger charge is -2.09. The molecule has 0 radical (unpaired) electrons. The fourth-order valence-electron chi connectivity index (χ4n) is 1.62. The van der Waals surface area contributed by atoms with Crippen molar-refractivity contribution in [1.82, 2.24) is 10.9 Å². The van der Waals surface area contributed by atoms with Gasteiger partial charge in [-0.05, 0) is 37.3 Å². The molecule has 5 nitrogen and oxygen atoms in total. The SMILES string of the molecule is Cc1ccc(C(=O)NNC(=O)Nc2cccc(Cl)c2)cc1. The molecule has 3 amide bonds. The van der Waals surface area contributed by atoms with E-state index < -0.39 is 11.9 Å². The van der Waals surface area contributed by atoms with Gasteiger partial charge < -0.3 is 5.32 Å². The average molecular weight is 304 g/mol. The zero-order chi connectivity index (χ0) is 15.2. The predicted octanol–water partition coefficient (Wildman–Crippen LogP) is 3.11. The molecule has 0 aliphatic rings. The van der Waals surface area contributed by atoms with Gasteiger partial charge in [-0.2, -0.15) is 0 Å². The van der Waals surface area contributed by atoms with E-state index in [2.05, 4.69) is 16.2 Å². The van der Waals surface area contributed by atoms with E-state index in [1.165, 1.54) is 0 Å². The maximum absolute atomic E-state index is 11.8. The molecule has 0 aromatic heterocycles. The fraction of sp³-hybridized carbons (Fsp3) is 0.0667. The maximum atomic E-state index is 11.8. The molecule has 0 unspecified atom stereocenters. The van der Waals surface area contributed by atoms with Crippen molar-refractivity contribution in [2.24, 2.45) is 0 Å². The summed E-state index contributed by atoms with van der Waals surface area (Å²) in [6.45, 7) is 1.93. The van der Waals surface area contributed by atoms with Crippen LogP contribution >= 0.6 is 11.6 Å². The number of carbonyl (C=O) groups excluding carboxylic acids is 2. The molecule has 0 saturated carbocycles. The molecule has 0 heterocycles. The van der Waals surface area contributed by atoms with Gasteiger partial charge in [0, 0.05) is 16.3 Å². The predicted molar refractivity (Wildman–Crippen MR) is 82.3 cm³/mol. The van der Waals surface area contributed by atoms with E-state index >= 15 is 0 Å². The largest absolute Gasteiger partial charge is 0.337 e. The van der Waals surface area contributed by atoms with Gasteiger partial charge in [-0.3, -0.25) is 10.2 Å². The molecule has 0 aliphatic heterocycles. The van der Waals surface area contributed by atoms with E-state index in [4.69, 9.17) is 11.6 Å². The molecule has 108 valence electrons. The average Bonchev–Trinajstić information content (AvgIpc) is 2.45. The first-order chi connectivity index (χ1) is 10.0. The lowest BCUT2D eigenvalue weighted by atomic mass is 10.1. The number of nitrogens with one attached hydrogen (secondary N) is 3. The Morgan fingerprint density at radius 3 is 2.38 bits per heavy atom. The summed E-state index contributed by atoms with van der Waals surface area (Å²) in [5.74, 6) is -0.392. The number of hydrogen-bond donors (Lipinski definition) is 3. The molecular weight excluding hydrogens is 290 g/mol. The lowest BCUT2D eigenvalue weighted by molar-refractivity contribution is 0.0938. The topological polar surface area (TPSA) is 70.2 Å². The number of benzene rings is 2. The number of aryl methyl sites for hydroxylation is 1. The molecule has 0 fully saturated rings. The Morgan fingerprint density at radius 1 is 1.00 bits per heavy atom. The number of halogens is 1. The second-order valence-corrected chi connectivity index (χ2v) is 4.85. The van der Waals surface area contributed by atoms with Gasteiger partial charge in [-0.1, -0.05) is 35.4 Å². The third kappa shape index (κ3) is 4.50. The number of hydrogen-bond acceptors (Lipinski definition) is 2. The van der Waals surface area contributed by atoms with Crippen LogP contribution in [0.25, 0.3) is 0 Å². The van der Waals surface area contributed by atoms with Crippen molar-refractivity contribution in [2.45, 2.75) is 6.92 Å². The van der Waals surface area contributed by atoms with E-state index in [0.717, 1.165) is 5.56 Å². The number of urea groups is 1. The first-order valence-electron chi connectivity index (χ1n) is 6.24. The quantitative estimate of drug-likeness (QED) is 0.746. The van der Waals surface area contributed by atoms with Crippen molar-refractivity contribution < 1.29 is 9.59 Å². The summed E-state index contributed by atoms with van der Waals surface area (Å²) >= 11 is 5.81. The minimum absolute atomic E-state index is 0.392. The van der Waals surface area contributed by atoms with Crippen LogP contribution < -0.4 is 16.2 Å².